The summed E-state index contributed by atoms with van der Waals surface area (Å²) in [6.45, 7) is 12.4. The Kier molecular flexibility index (Phi) is 8.69. The van der Waals surface area contributed by atoms with Gasteiger partial charge in [-0.05, 0) is 60.5 Å². The van der Waals surface area contributed by atoms with Crippen molar-refractivity contribution in [2.45, 2.75) is 71.7 Å². The number of hydrogen-bond donors (Lipinski definition) is 3. The van der Waals surface area contributed by atoms with Gasteiger partial charge in [-0.25, -0.2) is 4.79 Å². The summed E-state index contributed by atoms with van der Waals surface area (Å²) < 4.78 is 5.12. The van der Waals surface area contributed by atoms with Crippen LogP contribution in [0.1, 0.15) is 54.0 Å². The Morgan fingerprint density at radius 3 is 1.80 bits per heavy atom. The lowest BCUT2D eigenvalue weighted by atomic mass is 9.90. The van der Waals surface area contributed by atoms with Gasteiger partial charge in [-0.1, -0.05) is 29.7 Å². The highest BCUT2D eigenvalue weighted by Crippen LogP contribution is 2.19. The molecule has 0 fully saturated rings. The summed E-state index contributed by atoms with van der Waals surface area (Å²) in [6.07, 6.45) is 0.382. The second kappa shape index (κ2) is 9.25. The Labute approximate surface area is 153 Å². The molecule has 6 heteroatoms. The average molecular weight is 349 g/mol. The van der Waals surface area contributed by atoms with Gasteiger partial charge in [-0.2, -0.15) is 0 Å². The highest BCUT2D eigenvalue weighted by Gasteiger charge is 2.31. The Morgan fingerprint density at radius 1 is 1.00 bits per heavy atom. The molecule has 5 nitrogen and oxygen atoms in total. The van der Waals surface area contributed by atoms with Gasteiger partial charge >= 0.3 is 6.09 Å². The van der Waals surface area contributed by atoms with Crippen molar-refractivity contribution in [3.8, 4) is 0 Å². The van der Waals surface area contributed by atoms with Crippen molar-refractivity contribution >= 4 is 19.4 Å². The molecule has 2 radical (unpaired) electrons. The normalized spacial score (nSPS) is 12.0. The molecule has 1 amide bonds. The molecular weight excluding hydrogens is 317 g/mol. The van der Waals surface area contributed by atoms with Crippen LogP contribution in [0.4, 0.5) is 4.79 Å². The fourth-order valence-corrected chi connectivity index (χ4v) is 1.31. The molecule has 0 aromatic heterocycles. The smallest absolute Gasteiger partial charge is 0.407 e. The number of aliphatic hydroxyl groups is 2. The van der Waals surface area contributed by atoms with Crippen molar-refractivity contribution in [2.75, 3.05) is 6.54 Å². The molecule has 0 spiro atoms. The SMILES string of the molecule is CC(C)(O)C(C)(C)O.[B]c1ccc(CCNC(=O)OC(C)(C)C)cc1. The first-order chi connectivity index (χ1) is 11.1. The molecule has 1 aromatic rings. The molecule has 0 aliphatic heterocycles. The second-order valence-corrected chi connectivity index (χ2v) is 8.04. The van der Waals surface area contributed by atoms with Gasteiger partial charge in [-0.3, -0.25) is 0 Å². The van der Waals surface area contributed by atoms with E-state index in [9.17, 15) is 4.79 Å². The summed E-state index contributed by atoms with van der Waals surface area (Å²) in [7, 11) is 5.58. The first kappa shape index (κ1) is 23.5. The highest BCUT2D eigenvalue weighted by molar-refractivity contribution is 6.32. The Bertz CT molecular complexity index is 510. The fraction of sp³-hybridized carbons (Fsp3) is 0.632. The van der Waals surface area contributed by atoms with Crippen molar-refractivity contribution in [1.29, 1.82) is 0 Å². The minimum absolute atomic E-state index is 0.382. The van der Waals surface area contributed by atoms with Crippen LogP contribution in [0.15, 0.2) is 24.3 Å². The average Bonchev–Trinajstić information content (AvgIpc) is 2.37. The maximum atomic E-state index is 11.3. The van der Waals surface area contributed by atoms with Crippen molar-refractivity contribution in [3.05, 3.63) is 29.8 Å². The fourth-order valence-electron chi connectivity index (χ4n) is 1.31. The maximum absolute atomic E-state index is 11.3. The number of carbonyl (C=O) groups excluding carboxylic acids is 1. The number of benzene rings is 1. The van der Waals surface area contributed by atoms with Gasteiger partial charge in [0.2, 0.25) is 0 Å². The van der Waals surface area contributed by atoms with Crippen molar-refractivity contribution in [1.82, 2.24) is 5.32 Å². The molecule has 0 atom stereocenters. The minimum Gasteiger partial charge on any atom is -0.444 e. The summed E-state index contributed by atoms with van der Waals surface area (Å²) in [6, 6.07) is 7.60. The van der Waals surface area contributed by atoms with Gasteiger partial charge in [0.15, 0.2) is 0 Å². The Hall–Kier alpha value is -1.53. The quantitative estimate of drug-likeness (QED) is 0.728. The molecule has 0 unspecified atom stereocenters. The van der Waals surface area contributed by atoms with E-state index in [4.69, 9.17) is 22.8 Å². The summed E-state index contributed by atoms with van der Waals surface area (Å²) >= 11 is 0. The molecule has 0 aliphatic carbocycles. The summed E-state index contributed by atoms with van der Waals surface area (Å²) in [5, 5.41) is 20.9. The lowest BCUT2D eigenvalue weighted by molar-refractivity contribution is -0.107. The first-order valence-electron chi connectivity index (χ1n) is 8.38. The molecule has 0 bridgehead atoms. The zero-order chi connectivity index (χ0) is 19.9. The topological polar surface area (TPSA) is 78.8 Å². The van der Waals surface area contributed by atoms with E-state index in [1.54, 1.807) is 27.7 Å². The Balaban J connectivity index is 0.000000609. The molecule has 3 N–H and O–H groups in total. The number of carbonyl (C=O) groups is 1. The van der Waals surface area contributed by atoms with Crippen LogP contribution in [0.2, 0.25) is 0 Å². The van der Waals surface area contributed by atoms with E-state index in [0.717, 1.165) is 17.4 Å². The van der Waals surface area contributed by atoms with Gasteiger partial charge in [0, 0.05) is 6.54 Å². The van der Waals surface area contributed by atoms with E-state index in [0.29, 0.717) is 6.54 Å². The van der Waals surface area contributed by atoms with E-state index in [1.165, 1.54) is 0 Å². The molecule has 0 aliphatic rings. The van der Waals surface area contributed by atoms with Gasteiger partial charge in [0.05, 0.1) is 11.2 Å². The van der Waals surface area contributed by atoms with Crippen LogP contribution in [0.3, 0.4) is 0 Å². The first-order valence-corrected chi connectivity index (χ1v) is 8.38. The molecule has 0 saturated heterocycles. The number of hydrogen-bond acceptors (Lipinski definition) is 4. The van der Waals surface area contributed by atoms with Gasteiger partial charge in [-0.15, -0.1) is 0 Å². The molecule has 140 valence electrons. The number of amides is 1. The van der Waals surface area contributed by atoms with E-state index in [-0.39, 0.29) is 6.09 Å². The lowest BCUT2D eigenvalue weighted by Crippen LogP contribution is -2.44. The third kappa shape index (κ3) is 11.6. The second-order valence-electron chi connectivity index (χ2n) is 8.04. The summed E-state index contributed by atoms with van der Waals surface area (Å²) in [5.74, 6) is 0. The largest absolute Gasteiger partial charge is 0.444 e. The van der Waals surface area contributed by atoms with Gasteiger partial charge < -0.3 is 20.3 Å². The van der Waals surface area contributed by atoms with Crippen molar-refractivity contribution < 1.29 is 19.7 Å². The third-order valence-electron chi connectivity index (χ3n) is 3.56. The number of ether oxygens (including phenoxy) is 1. The van der Waals surface area contributed by atoms with E-state index in [1.807, 2.05) is 45.0 Å². The minimum atomic E-state index is -1.01. The standard InChI is InChI=1S/C13H18BNO2.C6H14O2/c1-13(2,3)17-12(16)15-9-8-10-4-6-11(14)7-5-10;1-5(2,7)6(3,4)8/h4-7H,8-9H2,1-3H3,(H,15,16);7-8H,1-4H3. The monoisotopic (exact) mass is 349 g/mol. The number of nitrogens with one attached hydrogen (secondary N) is 1. The van der Waals surface area contributed by atoms with Crippen LogP contribution >= 0.6 is 0 Å². The van der Waals surface area contributed by atoms with Crippen LogP contribution in [-0.2, 0) is 11.2 Å². The predicted octanol–water partition coefficient (Wildman–Crippen LogP) is 2.08. The number of rotatable bonds is 4. The Morgan fingerprint density at radius 2 is 1.44 bits per heavy atom. The van der Waals surface area contributed by atoms with Crippen LogP contribution in [0, 0.1) is 0 Å². The summed E-state index contributed by atoms with van der Waals surface area (Å²) in [5.41, 5.74) is -0.588. The zero-order valence-corrected chi connectivity index (χ0v) is 16.5. The summed E-state index contributed by atoms with van der Waals surface area (Å²) in [4.78, 5) is 11.3. The van der Waals surface area contributed by atoms with E-state index < -0.39 is 16.8 Å². The predicted molar refractivity (Wildman–Crippen MR) is 102 cm³/mol. The lowest BCUT2D eigenvalue weighted by Gasteiger charge is -2.31. The molecule has 0 heterocycles. The maximum Gasteiger partial charge on any atom is 0.407 e. The van der Waals surface area contributed by atoms with Crippen LogP contribution in [0.5, 0.6) is 0 Å². The molecule has 0 saturated carbocycles. The molecule has 1 aromatic carbocycles. The van der Waals surface area contributed by atoms with Crippen molar-refractivity contribution in [3.63, 3.8) is 0 Å². The van der Waals surface area contributed by atoms with Gasteiger partial charge in [0.1, 0.15) is 13.4 Å². The van der Waals surface area contributed by atoms with Crippen LogP contribution < -0.4 is 10.8 Å². The third-order valence-corrected chi connectivity index (χ3v) is 3.56. The zero-order valence-electron chi connectivity index (χ0n) is 16.5. The molecular formula is C19H32BNO4. The van der Waals surface area contributed by atoms with Crippen molar-refractivity contribution in [2.24, 2.45) is 0 Å². The molecule has 25 heavy (non-hydrogen) atoms. The highest BCUT2D eigenvalue weighted by atomic mass is 16.6. The molecule has 1 rings (SSSR count). The van der Waals surface area contributed by atoms with E-state index in [2.05, 4.69) is 5.32 Å². The van der Waals surface area contributed by atoms with E-state index >= 15 is 0 Å². The van der Waals surface area contributed by atoms with Crippen LogP contribution in [-0.4, -0.2) is 47.5 Å². The van der Waals surface area contributed by atoms with Crippen LogP contribution in [0.25, 0.3) is 0 Å². The number of alkyl carbamates (subject to hydrolysis) is 1. The van der Waals surface area contributed by atoms with Gasteiger partial charge in [0.25, 0.3) is 0 Å².